The fraction of sp³-hybridized carbons (Fsp3) is 0.308. The molecule has 0 spiro atoms. The van der Waals surface area contributed by atoms with E-state index in [4.69, 9.17) is 0 Å². The SMILES string of the molecule is O=C(NCCC(I)=CC(F)(F)C(F)(F)F)c1ccccc1. The van der Waals surface area contributed by atoms with E-state index in [0.717, 1.165) is 0 Å². The maximum Gasteiger partial charge on any atom is 0.457 e. The summed E-state index contributed by atoms with van der Waals surface area (Å²) in [4.78, 5) is 11.6. The second-order valence-corrected chi connectivity index (χ2v) is 5.47. The van der Waals surface area contributed by atoms with Gasteiger partial charge in [0.1, 0.15) is 0 Å². The Labute approximate surface area is 131 Å². The van der Waals surface area contributed by atoms with Gasteiger partial charge in [0.05, 0.1) is 0 Å². The van der Waals surface area contributed by atoms with Crippen molar-refractivity contribution in [3.63, 3.8) is 0 Å². The quantitative estimate of drug-likeness (QED) is 0.559. The number of nitrogens with one attached hydrogen (secondary N) is 1. The lowest BCUT2D eigenvalue weighted by Crippen LogP contribution is -2.34. The highest BCUT2D eigenvalue weighted by Gasteiger charge is 2.55. The lowest BCUT2D eigenvalue weighted by atomic mass is 10.2. The van der Waals surface area contributed by atoms with Crippen LogP contribution in [0.4, 0.5) is 22.0 Å². The Morgan fingerprint density at radius 3 is 2.24 bits per heavy atom. The average molecular weight is 419 g/mol. The number of amides is 1. The summed E-state index contributed by atoms with van der Waals surface area (Å²) in [5.74, 6) is -5.28. The Morgan fingerprint density at radius 2 is 1.71 bits per heavy atom. The van der Waals surface area contributed by atoms with Crippen molar-refractivity contribution in [2.45, 2.75) is 18.5 Å². The molecule has 0 saturated carbocycles. The number of benzene rings is 1. The van der Waals surface area contributed by atoms with Crippen LogP contribution in [0.5, 0.6) is 0 Å². The van der Waals surface area contributed by atoms with Crippen molar-refractivity contribution in [3.8, 4) is 0 Å². The minimum absolute atomic E-state index is 0.0313. The molecule has 1 aromatic rings. The number of rotatable bonds is 5. The van der Waals surface area contributed by atoms with Gasteiger partial charge in [0.2, 0.25) is 0 Å². The van der Waals surface area contributed by atoms with Gasteiger partial charge in [-0.3, -0.25) is 4.79 Å². The molecule has 8 heteroatoms. The first-order chi connectivity index (χ1) is 9.63. The van der Waals surface area contributed by atoms with Gasteiger partial charge in [0, 0.05) is 18.2 Å². The number of hydrogen-bond donors (Lipinski definition) is 1. The Kier molecular flexibility index (Phi) is 6.11. The fourth-order valence-electron chi connectivity index (χ4n) is 1.34. The number of allylic oxidation sites excluding steroid dienone is 1. The van der Waals surface area contributed by atoms with Crippen LogP contribution in [0.2, 0.25) is 0 Å². The highest BCUT2D eigenvalue weighted by atomic mass is 127. The summed E-state index contributed by atoms with van der Waals surface area (Å²) >= 11 is 1.40. The molecule has 2 nitrogen and oxygen atoms in total. The predicted octanol–water partition coefficient (Wildman–Crippen LogP) is 4.32. The summed E-state index contributed by atoms with van der Waals surface area (Å²) in [6.07, 6.45) is -5.86. The van der Waals surface area contributed by atoms with E-state index in [1.54, 1.807) is 30.3 Å². The summed E-state index contributed by atoms with van der Waals surface area (Å²) < 4.78 is 61.3. The Morgan fingerprint density at radius 1 is 1.14 bits per heavy atom. The van der Waals surface area contributed by atoms with Crippen LogP contribution in [0.15, 0.2) is 40.0 Å². The van der Waals surface area contributed by atoms with Crippen LogP contribution in [-0.2, 0) is 0 Å². The molecule has 1 amide bonds. The third-order valence-electron chi connectivity index (χ3n) is 2.40. The third-order valence-corrected chi connectivity index (χ3v) is 3.25. The van der Waals surface area contributed by atoms with E-state index in [9.17, 15) is 26.7 Å². The summed E-state index contributed by atoms with van der Waals surface area (Å²) in [6.45, 7) is -0.0313. The second kappa shape index (κ2) is 7.19. The largest absolute Gasteiger partial charge is 0.457 e. The number of hydrogen-bond acceptors (Lipinski definition) is 1. The summed E-state index contributed by atoms with van der Waals surface area (Å²) in [5, 5.41) is 2.44. The zero-order chi connectivity index (χ0) is 16.1. The highest BCUT2D eigenvalue weighted by Crippen LogP contribution is 2.38. The summed E-state index contributed by atoms with van der Waals surface area (Å²) in [7, 11) is 0. The van der Waals surface area contributed by atoms with E-state index in [-0.39, 0.29) is 22.6 Å². The number of carbonyl (C=O) groups excluding carboxylic acids is 1. The van der Waals surface area contributed by atoms with Gasteiger partial charge in [-0.2, -0.15) is 22.0 Å². The predicted molar refractivity (Wildman–Crippen MR) is 76.5 cm³/mol. The van der Waals surface area contributed by atoms with Crippen molar-refractivity contribution in [2.24, 2.45) is 0 Å². The molecule has 1 rings (SSSR count). The normalized spacial score (nSPS) is 13.1. The minimum Gasteiger partial charge on any atom is -0.352 e. The molecule has 0 aliphatic rings. The first-order valence-electron chi connectivity index (χ1n) is 5.78. The van der Waals surface area contributed by atoms with Crippen molar-refractivity contribution < 1.29 is 26.7 Å². The minimum atomic E-state index is -5.61. The standard InChI is InChI=1S/C13H11F5INO/c14-12(15,13(16,17)18)8-10(19)6-7-20-11(21)9-4-2-1-3-5-9/h1-5,8H,6-7H2,(H,20,21). The molecule has 1 N–H and O–H groups in total. The van der Waals surface area contributed by atoms with Gasteiger partial charge in [-0.05, 0) is 44.7 Å². The molecule has 0 heterocycles. The molecule has 1 aromatic carbocycles. The smallest absolute Gasteiger partial charge is 0.352 e. The fourth-order valence-corrected chi connectivity index (χ4v) is 2.00. The van der Waals surface area contributed by atoms with E-state index in [1.165, 1.54) is 22.6 Å². The van der Waals surface area contributed by atoms with Gasteiger partial charge in [-0.1, -0.05) is 18.2 Å². The molecular weight excluding hydrogens is 408 g/mol. The zero-order valence-corrected chi connectivity index (χ0v) is 12.7. The van der Waals surface area contributed by atoms with Crippen molar-refractivity contribution in [3.05, 3.63) is 45.6 Å². The summed E-state index contributed by atoms with van der Waals surface area (Å²) in [5.41, 5.74) is 0.386. The number of halogens is 6. The van der Waals surface area contributed by atoms with Crippen LogP contribution in [0.3, 0.4) is 0 Å². The zero-order valence-electron chi connectivity index (χ0n) is 10.6. The van der Waals surface area contributed by atoms with E-state index >= 15 is 0 Å². The average Bonchev–Trinajstić information content (AvgIpc) is 2.37. The molecule has 0 fully saturated rings. The lowest BCUT2D eigenvalue weighted by Gasteiger charge is -2.16. The van der Waals surface area contributed by atoms with Crippen LogP contribution in [0.25, 0.3) is 0 Å². The number of alkyl halides is 5. The van der Waals surface area contributed by atoms with Gasteiger partial charge >= 0.3 is 12.1 Å². The molecule has 0 radical (unpaired) electrons. The van der Waals surface area contributed by atoms with E-state index < -0.39 is 18.0 Å². The molecule has 0 bridgehead atoms. The van der Waals surface area contributed by atoms with Crippen molar-refractivity contribution in [1.29, 1.82) is 0 Å². The van der Waals surface area contributed by atoms with Crippen molar-refractivity contribution >= 4 is 28.5 Å². The molecule has 21 heavy (non-hydrogen) atoms. The maximum atomic E-state index is 12.7. The molecule has 0 atom stereocenters. The molecular formula is C13H11F5INO. The topological polar surface area (TPSA) is 29.1 Å². The second-order valence-electron chi connectivity index (χ2n) is 4.08. The van der Waals surface area contributed by atoms with Crippen LogP contribution in [0, 0.1) is 0 Å². The molecule has 0 saturated heterocycles. The van der Waals surface area contributed by atoms with Crippen LogP contribution in [0.1, 0.15) is 16.8 Å². The molecule has 0 unspecified atom stereocenters. The Hall–Kier alpha value is -1.19. The summed E-state index contributed by atoms with van der Waals surface area (Å²) in [6, 6.07) is 8.16. The van der Waals surface area contributed by atoms with Crippen LogP contribution in [-0.4, -0.2) is 24.6 Å². The van der Waals surface area contributed by atoms with Crippen molar-refractivity contribution in [2.75, 3.05) is 6.54 Å². The van der Waals surface area contributed by atoms with Crippen LogP contribution >= 0.6 is 22.6 Å². The number of carbonyl (C=O) groups is 1. The van der Waals surface area contributed by atoms with Crippen LogP contribution < -0.4 is 5.32 Å². The van der Waals surface area contributed by atoms with Gasteiger partial charge in [-0.15, -0.1) is 0 Å². The Bertz CT molecular complexity index is 513. The Balaban J connectivity index is 2.51. The van der Waals surface area contributed by atoms with Gasteiger partial charge in [0.15, 0.2) is 0 Å². The molecule has 0 aliphatic heterocycles. The molecule has 0 aliphatic carbocycles. The van der Waals surface area contributed by atoms with Gasteiger partial charge in [0.25, 0.3) is 5.91 Å². The van der Waals surface area contributed by atoms with E-state index in [0.29, 0.717) is 5.56 Å². The lowest BCUT2D eigenvalue weighted by molar-refractivity contribution is -0.259. The van der Waals surface area contributed by atoms with Gasteiger partial charge in [-0.25, -0.2) is 0 Å². The monoisotopic (exact) mass is 419 g/mol. The molecule has 0 aromatic heterocycles. The third kappa shape index (κ3) is 5.60. The van der Waals surface area contributed by atoms with Gasteiger partial charge < -0.3 is 5.32 Å². The van der Waals surface area contributed by atoms with E-state index in [2.05, 4.69) is 5.32 Å². The highest BCUT2D eigenvalue weighted by molar-refractivity contribution is 14.1. The van der Waals surface area contributed by atoms with Crippen molar-refractivity contribution in [1.82, 2.24) is 5.32 Å². The first-order valence-corrected chi connectivity index (χ1v) is 6.86. The first kappa shape index (κ1) is 17.9. The molecule has 116 valence electrons. The van der Waals surface area contributed by atoms with E-state index in [1.807, 2.05) is 0 Å². The maximum absolute atomic E-state index is 12.7.